The number of oxazole rings is 1. The number of nitrogens with one attached hydrogen (secondary N) is 2. The quantitative estimate of drug-likeness (QED) is 0.177. The topological polar surface area (TPSA) is 114 Å². The maximum Gasteiger partial charge on any atom is 0.407 e. The Hall–Kier alpha value is -4.14. The van der Waals surface area contributed by atoms with Gasteiger partial charge in [0.25, 0.3) is 5.91 Å². The van der Waals surface area contributed by atoms with Gasteiger partial charge in [0.15, 0.2) is 5.76 Å². The largest absolute Gasteiger partial charge is 0.444 e. The lowest BCUT2D eigenvalue weighted by atomic mass is 10.0. The molecule has 0 fully saturated rings. The Morgan fingerprint density at radius 3 is 2.39 bits per heavy atom. The number of benzene rings is 3. The van der Waals surface area contributed by atoms with Crippen molar-refractivity contribution in [2.75, 3.05) is 6.54 Å². The van der Waals surface area contributed by atoms with Crippen molar-refractivity contribution in [2.24, 2.45) is 0 Å². The number of amides is 2. The maximum absolute atomic E-state index is 13.4. The Bertz CT molecular complexity index is 1460. The summed E-state index contributed by atoms with van der Waals surface area (Å²) in [5.41, 5.74) is 3.32. The third kappa shape index (κ3) is 8.67. The number of rotatable bonds is 10. The summed E-state index contributed by atoms with van der Waals surface area (Å²) in [6, 6.07) is 21.5. The Morgan fingerprint density at radius 1 is 1.00 bits per heavy atom. The van der Waals surface area contributed by atoms with Crippen LogP contribution < -0.4 is 10.6 Å². The first-order valence-corrected chi connectivity index (χ1v) is 13.8. The Kier molecular flexibility index (Phi) is 9.81. The molecule has 1 aromatic heterocycles. The van der Waals surface area contributed by atoms with Crippen molar-refractivity contribution in [3.63, 3.8) is 0 Å². The monoisotopic (exact) mass is 575 g/mol. The molecule has 9 heteroatoms. The second-order valence-electron chi connectivity index (χ2n) is 10.6. The van der Waals surface area contributed by atoms with E-state index in [4.69, 9.17) is 20.8 Å². The SMILES string of the molecule is CC(C)(C)OC(=O)NCCCC(NC(=O)c1cccc(-c2ccc(CO)cc2)c1)c1ncc(-c2ccc(Cl)cc2)o1. The van der Waals surface area contributed by atoms with Gasteiger partial charge in [-0.2, -0.15) is 0 Å². The average molecular weight is 576 g/mol. The molecule has 3 aromatic carbocycles. The van der Waals surface area contributed by atoms with Crippen LogP contribution in [-0.4, -0.2) is 34.2 Å². The zero-order chi connectivity index (χ0) is 29.4. The Balaban J connectivity index is 1.49. The van der Waals surface area contributed by atoms with Crippen molar-refractivity contribution in [3.8, 4) is 22.5 Å². The summed E-state index contributed by atoms with van der Waals surface area (Å²) in [6.45, 7) is 5.73. The molecular weight excluding hydrogens is 542 g/mol. The summed E-state index contributed by atoms with van der Waals surface area (Å²) >= 11 is 6.02. The van der Waals surface area contributed by atoms with E-state index in [1.165, 1.54) is 0 Å². The predicted octanol–water partition coefficient (Wildman–Crippen LogP) is 6.93. The number of aliphatic hydroxyl groups is 1. The molecule has 1 heterocycles. The van der Waals surface area contributed by atoms with Crippen LogP contribution in [0, 0.1) is 0 Å². The standard InChI is InChI=1S/C32H34ClN3O5/c1-32(2,3)41-31(39)34-17-5-8-27(30-35-19-28(40-30)23-13-15-26(33)16-14-23)36-29(38)25-7-4-6-24(18-25)22-11-9-21(20-37)10-12-22/h4,6-7,9-16,18-19,27,37H,5,8,17,20H2,1-3H3,(H,34,39)(H,36,38). The molecule has 0 spiro atoms. The number of hydrogen-bond donors (Lipinski definition) is 3. The number of carbonyl (C=O) groups is 2. The van der Waals surface area contributed by atoms with E-state index in [9.17, 15) is 14.7 Å². The van der Waals surface area contributed by atoms with E-state index in [2.05, 4.69) is 15.6 Å². The summed E-state index contributed by atoms with van der Waals surface area (Å²) in [5.74, 6) is 0.627. The van der Waals surface area contributed by atoms with Crippen LogP contribution in [-0.2, 0) is 11.3 Å². The second-order valence-corrected chi connectivity index (χ2v) is 11.0. The molecule has 2 amide bonds. The molecule has 0 saturated heterocycles. The first-order chi connectivity index (χ1) is 19.6. The summed E-state index contributed by atoms with van der Waals surface area (Å²) in [5, 5.41) is 15.7. The van der Waals surface area contributed by atoms with E-state index >= 15 is 0 Å². The molecule has 0 radical (unpaired) electrons. The molecule has 41 heavy (non-hydrogen) atoms. The van der Waals surface area contributed by atoms with Crippen LogP contribution in [0.5, 0.6) is 0 Å². The smallest absolute Gasteiger partial charge is 0.407 e. The van der Waals surface area contributed by atoms with Gasteiger partial charge in [0, 0.05) is 22.7 Å². The molecule has 0 saturated carbocycles. The minimum atomic E-state index is -0.591. The molecule has 3 N–H and O–H groups in total. The fourth-order valence-electron chi connectivity index (χ4n) is 4.15. The fraction of sp³-hybridized carbons (Fsp3) is 0.281. The van der Waals surface area contributed by atoms with Gasteiger partial charge < -0.3 is 24.9 Å². The number of aliphatic hydroxyl groups excluding tert-OH is 1. The van der Waals surface area contributed by atoms with Crippen molar-refractivity contribution < 1.29 is 23.8 Å². The van der Waals surface area contributed by atoms with Gasteiger partial charge in [-0.15, -0.1) is 0 Å². The average Bonchev–Trinajstić information content (AvgIpc) is 3.44. The van der Waals surface area contributed by atoms with Gasteiger partial charge >= 0.3 is 6.09 Å². The second kappa shape index (κ2) is 13.5. The van der Waals surface area contributed by atoms with Gasteiger partial charge in [0.05, 0.1) is 12.8 Å². The highest BCUT2D eigenvalue weighted by Crippen LogP contribution is 2.27. The first-order valence-electron chi connectivity index (χ1n) is 13.4. The van der Waals surface area contributed by atoms with Crippen LogP contribution in [0.4, 0.5) is 4.79 Å². The minimum Gasteiger partial charge on any atom is -0.444 e. The summed E-state index contributed by atoms with van der Waals surface area (Å²) in [6.07, 6.45) is 2.13. The number of aromatic nitrogens is 1. The predicted molar refractivity (Wildman–Crippen MR) is 158 cm³/mol. The number of halogens is 1. The zero-order valence-electron chi connectivity index (χ0n) is 23.3. The highest BCUT2D eigenvalue weighted by Gasteiger charge is 2.22. The van der Waals surface area contributed by atoms with Gasteiger partial charge in [-0.3, -0.25) is 4.79 Å². The number of carbonyl (C=O) groups excluding carboxylic acids is 2. The molecule has 1 atom stereocenters. The van der Waals surface area contributed by atoms with Crippen molar-refractivity contribution in [1.29, 1.82) is 0 Å². The van der Waals surface area contributed by atoms with Crippen molar-refractivity contribution >= 4 is 23.6 Å². The van der Waals surface area contributed by atoms with Crippen LogP contribution in [0.3, 0.4) is 0 Å². The van der Waals surface area contributed by atoms with Crippen LogP contribution >= 0.6 is 11.6 Å². The van der Waals surface area contributed by atoms with Crippen molar-refractivity contribution in [1.82, 2.24) is 15.6 Å². The zero-order valence-corrected chi connectivity index (χ0v) is 24.1. The molecule has 4 rings (SSSR count). The van der Waals surface area contributed by atoms with Crippen molar-refractivity contribution in [3.05, 3.63) is 101 Å². The molecule has 0 bridgehead atoms. The van der Waals surface area contributed by atoms with E-state index in [1.807, 2.05) is 54.6 Å². The lowest BCUT2D eigenvalue weighted by Gasteiger charge is -2.20. The van der Waals surface area contributed by atoms with Crippen LogP contribution in [0.2, 0.25) is 5.02 Å². The van der Waals surface area contributed by atoms with Gasteiger partial charge in [0.2, 0.25) is 5.89 Å². The molecule has 8 nitrogen and oxygen atoms in total. The van der Waals surface area contributed by atoms with E-state index in [-0.39, 0.29) is 12.5 Å². The molecular formula is C32H34ClN3O5. The van der Waals surface area contributed by atoms with Gasteiger partial charge in [-0.05, 0) is 86.7 Å². The highest BCUT2D eigenvalue weighted by molar-refractivity contribution is 6.30. The molecule has 214 valence electrons. The summed E-state index contributed by atoms with van der Waals surface area (Å²) in [7, 11) is 0. The van der Waals surface area contributed by atoms with E-state index < -0.39 is 17.7 Å². The summed E-state index contributed by atoms with van der Waals surface area (Å²) in [4.78, 5) is 29.9. The molecule has 0 aliphatic heterocycles. The Morgan fingerprint density at radius 2 is 1.71 bits per heavy atom. The third-order valence-electron chi connectivity index (χ3n) is 6.19. The molecule has 0 aliphatic rings. The number of ether oxygens (including phenoxy) is 1. The van der Waals surface area contributed by atoms with E-state index in [0.29, 0.717) is 41.6 Å². The number of hydrogen-bond acceptors (Lipinski definition) is 6. The fourth-order valence-corrected chi connectivity index (χ4v) is 4.27. The number of nitrogens with zero attached hydrogens (tertiary/aromatic N) is 1. The van der Waals surface area contributed by atoms with Gasteiger partial charge in [-0.25, -0.2) is 9.78 Å². The highest BCUT2D eigenvalue weighted by atomic mass is 35.5. The third-order valence-corrected chi connectivity index (χ3v) is 6.44. The van der Waals surface area contributed by atoms with Gasteiger partial charge in [-0.1, -0.05) is 48.0 Å². The maximum atomic E-state index is 13.4. The molecule has 0 aliphatic carbocycles. The van der Waals surface area contributed by atoms with Gasteiger partial charge in [0.1, 0.15) is 11.6 Å². The van der Waals surface area contributed by atoms with Crippen LogP contribution in [0.15, 0.2) is 83.4 Å². The van der Waals surface area contributed by atoms with E-state index in [0.717, 1.165) is 22.3 Å². The van der Waals surface area contributed by atoms with Crippen molar-refractivity contribution in [2.45, 2.75) is 51.9 Å². The lowest BCUT2D eigenvalue weighted by Crippen LogP contribution is -2.34. The lowest BCUT2D eigenvalue weighted by molar-refractivity contribution is 0.0525. The molecule has 4 aromatic rings. The molecule has 1 unspecified atom stereocenters. The van der Waals surface area contributed by atoms with Crippen LogP contribution in [0.25, 0.3) is 22.5 Å². The normalized spacial score (nSPS) is 12.0. The van der Waals surface area contributed by atoms with E-state index in [1.54, 1.807) is 45.2 Å². The minimum absolute atomic E-state index is 0.0298. The van der Waals surface area contributed by atoms with Crippen LogP contribution in [0.1, 0.15) is 61.5 Å². The first kappa shape index (κ1) is 29.8. The Labute approximate surface area is 244 Å². The summed E-state index contributed by atoms with van der Waals surface area (Å²) < 4.78 is 11.4. The number of alkyl carbamates (subject to hydrolysis) is 1.